The molecule has 130 valence electrons. The molecule has 1 aromatic carbocycles. The van der Waals surface area contributed by atoms with Gasteiger partial charge in [-0.25, -0.2) is 0 Å². The largest absolute Gasteiger partial charge is 0.334 e. The van der Waals surface area contributed by atoms with Gasteiger partial charge in [0.05, 0.1) is 7.05 Å². The van der Waals surface area contributed by atoms with Gasteiger partial charge < -0.3 is 9.42 Å². The normalized spacial score (nSPS) is 16.4. The van der Waals surface area contributed by atoms with Crippen molar-refractivity contribution in [2.75, 3.05) is 20.1 Å². The van der Waals surface area contributed by atoms with Crippen molar-refractivity contribution in [3.63, 3.8) is 0 Å². The van der Waals surface area contributed by atoms with E-state index in [-0.39, 0.29) is 0 Å². The molecule has 0 bridgehead atoms. The molecule has 1 fully saturated rings. The lowest BCUT2D eigenvalue weighted by Gasteiger charge is -2.27. The van der Waals surface area contributed by atoms with Crippen LogP contribution in [0.3, 0.4) is 0 Å². The van der Waals surface area contributed by atoms with Crippen LogP contribution >= 0.6 is 0 Å². The van der Waals surface area contributed by atoms with Crippen LogP contribution in [-0.2, 0) is 13.5 Å². The standard InChI is InChI=1S/C17H21N7O/c1-23-9-7-12(8-10-23)11-15-18-17(25-21-15)14-5-3-13(4-6-14)16-19-22-24(2)20-16/h3-6,12H,7-11H2,1-2H3. The van der Waals surface area contributed by atoms with Gasteiger partial charge in [0, 0.05) is 17.5 Å². The quantitative estimate of drug-likeness (QED) is 0.716. The SMILES string of the molecule is CN1CCC(Cc2noc(-c3ccc(-c4nnn(C)n4)cc3)n2)CC1. The van der Waals surface area contributed by atoms with Crippen LogP contribution in [0.25, 0.3) is 22.8 Å². The van der Waals surface area contributed by atoms with Crippen LogP contribution in [0, 0.1) is 5.92 Å². The molecule has 3 aromatic rings. The minimum absolute atomic E-state index is 0.557. The third kappa shape index (κ3) is 3.58. The summed E-state index contributed by atoms with van der Waals surface area (Å²) in [6.07, 6.45) is 3.28. The molecule has 0 saturated carbocycles. The lowest BCUT2D eigenvalue weighted by atomic mass is 9.94. The predicted molar refractivity (Wildman–Crippen MR) is 91.5 cm³/mol. The zero-order chi connectivity index (χ0) is 17.2. The van der Waals surface area contributed by atoms with Gasteiger partial charge in [-0.2, -0.15) is 9.78 Å². The Morgan fingerprint density at radius 3 is 2.48 bits per heavy atom. The van der Waals surface area contributed by atoms with Crippen LogP contribution in [0.4, 0.5) is 0 Å². The minimum Gasteiger partial charge on any atom is -0.334 e. The van der Waals surface area contributed by atoms with Crippen molar-refractivity contribution in [1.29, 1.82) is 0 Å². The third-order valence-electron chi connectivity index (χ3n) is 4.68. The maximum atomic E-state index is 5.44. The lowest BCUT2D eigenvalue weighted by molar-refractivity contribution is 0.216. The number of tetrazole rings is 1. The smallest absolute Gasteiger partial charge is 0.257 e. The van der Waals surface area contributed by atoms with Gasteiger partial charge in [0.2, 0.25) is 5.82 Å². The topological polar surface area (TPSA) is 85.8 Å². The van der Waals surface area contributed by atoms with Gasteiger partial charge in [0.1, 0.15) is 0 Å². The van der Waals surface area contributed by atoms with Crippen molar-refractivity contribution < 1.29 is 4.52 Å². The van der Waals surface area contributed by atoms with E-state index in [4.69, 9.17) is 4.52 Å². The highest BCUT2D eigenvalue weighted by Gasteiger charge is 2.20. The second kappa shape index (κ2) is 6.72. The van der Waals surface area contributed by atoms with Crippen molar-refractivity contribution in [3.05, 3.63) is 30.1 Å². The van der Waals surface area contributed by atoms with Crippen LogP contribution < -0.4 is 0 Å². The average molecular weight is 339 g/mol. The Hall–Kier alpha value is -2.61. The Kier molecular flexibility index (Phi) is 4.27. The molecule has 0 spiro atoms. The van der Waals surface area contributed by atoms with E-state index < -0.39 is 0 Å². The van der Waals surface area contributed by atoms with Crippen LogP contribution in [0.15, 0.2) is 28.8 Å². The number of hydrogen-bond donors (Lipinski definition) is 0. The number of benzene rings is 1. The number of piperidine rings is 1. The zero-order valence-electron chi connectivity index (χ0n) is 14.5. The third-order valence-corrected chi connectivity index (χ3v) is 4.68. The summed E-state index contributed by atoms with van der Waals surface area (Å²) < 4.78 is 5.44. The Morgan fingerprint density at radius 2 is 1.80 bits per heavy atom. The van der Waals surface area contributed by atoms with Crippen LogP contribution in [0.5, 0.6) is 0 Å². The zero-order valence-corrected chi connectivity index (χ0v) is 14.5. The van der Waals surface area contributed by atoms with Gasteiger partial charge in [-0.1, -0.05) is 17.3 Å². The maximum absolute atomic E-state index is 5.44. The molecule has 0 unspecified atom stereocenters. The molecule has 0 atom stereocenters. The molecule has 0 radical (unpaired) electrons. The van der Waals surface area contributed by atoms with Gasteiger partial charge in [-0.05, 0) is 56.2 Å². The summed E-state index contributed by atoms with van der Waals surface area (Å²) in [6, 6.07) is 7.76. The Balaban J connectivity index is 1.44. The number of likely N-dealkylation sites (tertiary alicyclic amines) is 1. The number of nitrogens with zero attached hydrogens (tertiary/aromatic N) is 7. The lowest BCUT2D eigenvalue weighted by Crippen LogP contribution is -2.31. The van der Waals surface area contributed by atoms with E-state index in [1.165, 1.54) is 17.6 Å². The fourth-order valence-electron chi connectivity index (χ4n) is 3.14. The summed E-state index contributed by atoms with van der Waals surface area (Å²) in [5.41, 5.74) is 1.80. The summed E-state index contributed by atoms with van der Waals surface area (Å²) in [5.74, 6) is 2.60. The molecule has 8 nitrogen and oxygen atoms in total. The Bertz CT molecular complexity index is 831. The highest BCUT2D eigenvalue weighted by atomic mass is 16.5. The molecule has 3 heterocycles. The second-order valence-electron chi connectivity index (χ2n) is 6.65. The number of rotatable bonds is 4. The highest BCUT2D eigenvalue weighted by Crippen LogP contribution is 2.24. The molecule has 25 heavy (non-hydrogen) atoms. The first-order chi connectivity index (χ1) is 12.2. The molecule has 0 aliphatic carbocycles. The van der Waals surface area contributed by atoms with Gasteiger partial charge in [0.15, 0.2) is 5.82 Å². The first kappa shape index (κ1) is 15.9. The van der Waals surface area contributed by atoms with E-state index in [1.807, 2.05) is 24.3 Å². The van der Waals surface area contributed by atoms with E-state index >= 15 is 0 Å². The molecule has 1 aliphatic heterocycles. The van der Waals surface area contributed by atoms with Crippen molar-refractivity contribution in [2.24, 2.45) is 13.0 Å². The maximum Gasteiger partial charge on any atom is 0.257 e. The van der Waals surface area contributed by atoms with Crippen LogP contribution in [0.1, 0.15) is 18.7 Å². The average Bonchev–Trinajstić information content (AvgIpc) is 3.26. The predicted octanol–water partition coefficient (Wildman–Crippen LogP) is 1.81. The Labute approximate surface area is 145 Å². The van der Waals surface area contributed by atoms with Crippen molar-refractivity contribution in [1.82, 2.24) is 35.2 Å². The number of hydrogen-bond acceptors (Lipinski definition) is 7. The summed E-state index contributed by atoms with van der Waals surface area (Å²) in [6.45, 7) is 2.29. The van der Waals surface area contributed by atoms with Crippen LogP contribution in [-0.4, -0.2) is 55.4 Å². The minimum atomic E-state index is 0.557. The van der Waals surface area contributed by atoms with E-state index in [9.17, 15) is 0 Å². The molecule has 0 amide bonds. The molecular weight excluding hydrogens is 318 g/mol. The van der Waals surface area contributed by atoms with E-state index in [0.29, 0.717) is 17.6 Å². The number of aromatic nitrogens is 6. The number of aryl methyl sites for hydroxylation is 1. The second-order valence-corrected chi connectivity index (χ2v) is 6.65. The summed E-state index contributed by atoms with van der Waals surface area (Å²) in [5, 5.41) is 16.2. The van der Waals surface area contributed by atoms with Gasteiger partial charge in [-0.15, -0.1) is 10.2 Å². The molecular formula is C17H21N7O. The van der Waals surface area contributed by atoms with E-state index in [1.54, 1.807) is 7.05 Å². The Morgan fingerprint density at radius 1 is 1.08 bits per heavy atom. The monoisotopic (exact) mass is 339 g/mol. The first-order valence-corrected chi connectivity index (χ1v) is 8.53. The van der Waals surface area contributed by atoms with E-state index in [0.717, 1.165) is 36.5 Å². The molecule has 2 aromatic heterocycles. The summed E-state index contributed by atoms with van der Waals surface area (Å²) >= 11 is 0. The fourth-order valence-corrected chi connectivity index (χ4v) is 3.14. The fraction of sp³-hybridized carbons (Fsp3) is 0.471. The van der Waals surface area contributed by atoms with Crippen LogP contribution in [0.2, 0.25) is 0 Å². The molecule has 4 rings (SSSR count). The molecule has 1 aliphatic rings. The van der Waals surface area contributed by atoms with Gasteiger partial charge >= 0.3 is 0 Å². The summed E-state index contributed by atoms with van der Waals surface area (Å²) in [7, 11) is 3.91. The molecule has 1 saturated heterocycles. The highest BCUT2D eigenvalue weighted by molar-refractivity contribution is 5.61. The molecule has 8 heteroatoms. The van der Waals surface area contributed by atoms with Gasteiger partial charge in [-0.3, -0.25) is 0 Å². The van der Waals surface area contributed by atoms with Crippen molar-refractivity contribution in [2.45, 2.75) is 19.3 Å². The molecule has 0 N–H and O–H groups in total. The van der Waals surface area contributed by atoms with Gasteiger partial charge in [0.25, 0.3) is 5.89 Å². The summed E-state index contributed by atoms with van der Waals surface area (Å²) in [4.78, 5) is 8.37. The van der Waals surface area contributed by atoms with Crippen molar-refractivity contribution in [3.8, 4) is 22.8 Å². The first-order valence-electron chi connectivity index (χ1n) is 8.53. The van der Waals surface area contributed by atoms with Crippen molar-refractivity contribution >= 4 is 0 Å². The van der Waals surface area contributed by atoms with E-state index in [2.05, 4.69) is 37.5 Å².